The van der Waals surface area contributed by atoms with E-state index in [9.17, 15) is 4.39 Å². The minimum absolute atomic E-state index is 0.00194. The van der Waals surface area contributed by atoms with Gasteiger partial charge in [0.25, 0.3) is 6.02 Å². The van der Waals surface area contributed by atoms with Gasteiger partial charge in [-0.2, -0.15) is 0 Å². The third-order valence-electron chi connectivity index (χ3n) is 2.92. The van der Waals surface area contributed by atoms with Crippen LogP contribution in [0.5, 0.6) is 5.75 Å². The predicted molar refractivity (Wildman–Crippen MR) is 72.1 cm³/mol. The van der Waals surface area contributed by atoms with Gasteiger partial charge in [-0.15, -0.1) is 0 Å². The second-order valence-corrected chi connectivity index (χ2v) is 4.80. The molecule has 1 heterocycles. The minimum Gasteiger partial charge on any atom is -0.490 e. The van der Waals surface area contributed by atoms with Crippen LogP contribution in [0.2, 0.25) is 5.02 Å². The molecule has 4 nitrogen and oxygen atoms in total. The highest BCUT2D eigenvalue weighted by atomic mass is 35.5. The number of benzene rings is 1. The Labute approximate surface area is 116 Å². The second-order valence-electron chi connectivity index (χ2n) is 4.39. The fraction of sp³-hybridized carbons (Fsp3) is 0.462. The van der Waals surface area contributed by atoms with E-state index in [-0.39, 0.29) is 23.2 Å². The molecule has 0 aliphatic carbocycles. The quantitative estimate of drug-likeness (QED) is 0.905. The molecule has 0 radical (unpaired) electrons. The maximum Gasteiger partial charge on any atom is 0.282 e. The summed E-state index contributed by atoms with van der Waals surface area (Å²) in [5.41, 5.74) is 5.45. The molecule has 2 rings (SSSR count). The molecule has 0 amide bonds. The summed E-state index contributed by atoms with van der Waals surface area (Å²) in [6, 6.07) is 4.64. The number of rotatable bonds is 5. The fourth-order valence-electron chi connectivity index (χ4n) is 1.90. The first kappa shape index (κ1) is 13.9. The maximum atomic E-state index is 13.3. The van der Waals surface area contributed by atoms with Gasteiger partial charge >= 0.3 is 0 Å². The van der Waals surface area contributed by atoms with Crippen molar-refractivity contribution in [3.8, 4) is 5.75 Å². The largest absolute Gasteiger partial charge is 0.490 e. The van der Waals surface area contributed by atoms with Crippen molar-refractivity contribution in [3.63, 3.8) is 0 Å². The topological polar surface area (TPSA) is 56.8 Å². The summed E-state index contributed by atoms with van der Waals surface area (Å²) in [6.07, 6.45) is 1.40. The number of nitrogens with two attached hydrogens (primary N) is 1. The number of hydrogen-bond acceptors (Lipinski definition) is 4. The zero-order valence-electron chi connectivity index (χ0n) is 10.6. The Morgan fingerprint density at radius 2 is 2.42 bits per heavy atom. The molecule has 19 heavy (non-hydrogen) atoms. The Morgan fingerprint density at radius 3 is 3.00 bits per heavy atom. The number of nitrogens with zero attached hydrogens (tertiary/aromatic N) is 1. The summed E-state index contributed by atoms with van der Waals surface area (Å²) < 4.78 is 24.1. The molecule has 0 saturated heterocycles. The lowest BCUT2D eigenvalue weighted by Gasteiger charge is -2.19. The second kappa shape index (κ2) is 6.10. The van der Waals surface area contributed by atoms with E-state index in [4.69, 9.17) is 26.8 Å². The first-order chi connectivity index (χ1) is 9.08. The number of hydrogen-bond donors (Lipinski definition) is 1. The van der Waals surface area contributed by atoms with E-state index in [0.717, 1.165) is 6.42 Å². The maximum absolute atomic E-state index is 13.3. The molecule has 104 valence electrons. The van der Waals surface area contributed by atoms with Crippen molar-refractivity contribution in [2.24, 2.45) is 10.7 Å². The number of amidine groups is 1. The van der Waals surface area contributed by atoms with Crippen molar-refractivity contribution >= 4 is 17.6 Å². The van der Waals surface area contributed by atoms with Crippen LogP contribution in [0.1, 0.15) is 19.8 Å². The van der Waals surface area contributed by atoms with Crippen molar-refractivity contribution in [1.82, 2.24) is 0 Å². The Kier molecular flexibility index (Phi) is 4.47. The van der Waals surface area contributed by atoms with Crippen LogP contribution in [0.15, 0.2) is 23.2 Å². The van der Waals surface area contributed by atoms with Crippen LogP contribution in [0, 0.1) is 5.82 Å². The fourth-order valence-corrected chi connectivity index (χ4v) is 2.02. The van der Waals surface area contributed by atoms with E-state index in [0.29, 0.717) is 18.8 Å². The molecule has 0 fully saturated rings. The summed E-state index contributed by atoms with van der Waals surface area (Å²) in [7, 11) is 0. The average molecular weight is 287 g/mol. The van der Waals surface area contributed by atoms with Crippen molar-refractivity contribution in [3.05, 3.63) is 29.0 Å². The van der Waals surface area contributed by atoms with Gasteiger partial charge in [0.15, 0.2) is 0 Å². The van der Waals surface area contributed by atoms with Crippen LogP contribution in [-0.4, -0.2) is 24.8 Å². The van der Waals surface area contributed by atoms with Crippen molar-refractivity contribution < 1.29 is 13.9 Å². The summed E-state index contributed by atoms with van der Waals surface area (Å²) in [5.74, 6) is -0.0231. The molecule has 1 aliphatic rings. The molecule has 2 atom stereocenters. The van der Waals surface area contributed by atoms with Crippen LogP contribution in [-0.2, 0) is 4.74 Å². The number of aliphatic imine (C=N–C) groups is 1. The van der Waals surface area contributed by atoms with Crippen molar-refractivity contribution in [2.45, 2.75) is 31.9 Å². The van der Waals surface area contributed by atoms with Crippen LogP contribution in [0.4, 0.5) is 4.39 Å². The van der Waals surface area contributed by atoms with Gasteiger partial charge < -0.3 is 15.2 Å². The summed E-state index contributed by atoms with van der Waals surface area (Å²) >= 11 is 5.63. The SMILES string of the molecule is CCC(CC1COC(N)=N1)Oc1ccc(Cl)c(F)c1. The lowest BCUT2D eigenvalue weighted by Crippen LogP contribution is -2.22. The van der Waals surface area contributed by atoms with Gasteiger partial charge in [-0.25, -0.2) is 9.38 Å². The van der Waals surface area contributed by atoms with Gasteiger partial charge in [-0.05, 0) is 18.6 Å². The van der Waals surface area contributed by atoms with Gasteiger partial charge in [-0.3, -0.25) is 0 Å². The standard InChI is InChI=1S/C13H16ClFN2O2/c1-2-9(5-8-7-18-13(16)17-8)19-10-3-4-11(14)12(15)6-10/h3-4,6,8-9H,2,5,7H2,1H3,(H2,16,17). The molecule has 6 heteroatoms. The van der Waals surface area contributed by atoms with Crippen LogP contribution in [0.25, 0.3) is 0 Å². The molecule has 1 aromatic carbocycles. The molecular formula is C13H16ClFN2O2. The Hall–Kier alpha value is -1.49. The summed E-state index contributed by atoms with van der Waals surface area (Å²) in [4.78, 5) is 4.15. The third kappa shape index (κ3) is 3.73. The molecule has 1 aromatic rings. The Morgan fingerprint density at radius 1 is 1.63 bits per heavy atom. The van der Waals surface area contributed by atoms with E-state index >= 15 is 0 Å². The van der Waals surface area contributed by atoms with E-state index in [1.54, 1.807) is 6.07 Å². The van der Waals surface area contributed by atoms with Gasteiger partial charge in [0.05, 0.1) is 11.1 Å². The normalized spacial score (nSPS) is 19.7. The average Bonchev–Trinajstić information content (AvgIpc) is 2.78. The van der Waals surface area contributed by atoms with Crippen LogP contribution >= 0.6 is 11.6 Å². The first-order valence-electron chi connectivity index (χ1n) is 6.16. The Balaban J connectivity index is 1.96. The van der Waals surface area contributed by atoms with Crippen LogP contribution in [0.3, 0.4) is 0 Å². The van der Waals surface area contributed by atoms with E-state index in [2.05, 4.69) is 4.99 Å². The molecular weight excluding hydrogens is 271 g/mol. The lowest BCUT2D eigenvalue weighted by molar-refractivity contribution is 0.168. The third-order valence-corrected chi connectivity index (χ3v) is 3.22. The highest BCUT2D eigenvalue weighted by Gasteiger charge is 2.22. The molecule has 0 spiro atoms. The number of ether oxygens (including phenoxy) is 2. The first-order valence-corrected chi connectivity index (χ1v) is 6.54. The smallest absolute Gasteiger partial charge is 0.282 e. The molecule has 0 aromatic heterocycles. The Bertz CT molecular complexity index is 482. The summed E-state index contributed by atoms with van der Waals surface area (Å²) in [5, 5.41) is 0.0852. The van der Waals surface area contributed by atoms with Gasteiger partial charge in [-0.1, -0.05) is 18.5 Å². The van der Waals surface area contributed by atoms with Gasteiger partial charge in [0.2, 0.25) is 0 Å². The molecule has 2 N–H and O–H groups in total. The molecule has 0 bridgehead atoms. The van der Waals surface area contributed by atoms with Gasteiger partial charge in [0, 0.05) is 12.5 Å². The zero-order valence-corrected chi connectivity index (χ0v) is 11.4. The van der Waals surface area contributed by atoms with Gasteiger partial charge in [0.1, 0.15) is 24.3 Å². The lowest BCUT2D eigenvalue weighted by atomic mass is 10.1. The molecule has 0 saturated carbocycles. The monoisotopic (exact) mass is 286 g/mol. The van der Waals surface area contributed by atoms with E-state index < -0.39 is 5.82 Å². The predicted octanol–water partition coefficient (Wildman–Crippen LogP) is 2.74. The molecule has 2 unspecified atom stereocenters. The van der Waals surface area contributed by atoms with Crippen molar-refractivity contribution in [1.29, 1.82) is 0 Å². The van der Waals surface area contributed by atoms with E-state index in [1.807, 2.05) is 6.92 Å². The molecule has 1 aliphatic heterocycles. The van der Waals surface area contributed by atoms with E-state index in [1.165, 1.54) is 12.1 Å². The minimum atomic E-state index is -0.486. The summed E-state index contributed by atoms with van der Waals surface area (Å²) in [6.45, 7) is 2.47. The van der Waals surface area contributed by atoms with Crippen LogP contribution < -0.4 is 10.5 Å². The number of halogens is 2. The van der Waals surface area contributed by atoms with Crippen molar-refractivity contribution in [2.75, 3.05) is 6.61 Å². The highest BCUT2D eigenvalue weighted by molar-refractivity contribution is 6.30. The highest BCUT2D eigenvalue weighted by Crippen LogP contribution is 2.23. The zero-order chi connectivity index (χ0) is 13.8.